The lowest BCUT2D eigenvalue weighted by atomic mass is 10.1. The van der Waals surface area contributed by atoms with E-state index in [0.717, 1.165) is 11.1 Å². The van der Waals surface area contributed by atoms with Crippen molar-refractivity contribution in [1.29, 1.82) is 0 Å². The van der Waals surface area contributed by atoms with Gasteiger partial charge in [0.2, 0.25) is 0 Å². The summed E-state index contributed by atoms with van der Waals surface area (Å²) in [6.07, 6.45) is 1.76. The zero-order valence-electron chi connectivity index (χ0n) is 8.84. The molecule has 0 radical (unpaired) electrons. The molecular weight excluding hydrogens is 204 g/mol. The molecule has 1 aromatic heterocycles. The number of nitrogens with two attached hydrogens (primary N) is 1. The lowest BCUT2D eigenvalue weighted by Gasteiger charge is -2.01. The molecule has 0 fully saturated rings. The quantitative estimate of drug-likeness (QED) is 0.754. The fourth-order valence-corrected chi connectivity index (χ4v) is 1.68. The molecular formula is C12H12N2O2. The minimum atomic E-state index is -0.941. The second-order valence-corrected chi connectivity index (χ2v) is 3.62. The average Bonchev–Trinajstić information content (AvgIpc) is 2.61. The SMILES string of the molecule is Cn1cc(-c2ccccc2N)cc1C(=O)O. The van der Waals surface area contributed by atoms with Crippen LogP contribution in [0.25, 0.3) is 11.1 Å². The van der Waals surface area contributed by atoms with E-state index in [-0.39, 0.29) is 5.69 Å². The number of carboxylic acids is 1. The number of nitrogens with zero attached hydrogens (tertiary/aromatic N) is 1. The Morgan fingerprint density at radius 2 is 2.06 bits per heavy atom. The smallest absolute Gasteiger partial charge is 0.352 e. The highest BCUT2D eigenvalue weighted by Gasteiger charge is 2.11. The van der Waals surface area contributed by atoms with Crippen LogP contribution in [0.15, 0.2) is 36.5 Å². The van der Waals surface area contributed by atoms with Crippen molar-refractivity contribution >= 4 is 11.7 Å². The molecule has 4 nitrogen and oxygen atoms in total. The number of aryl methyl sites for hydroxylation is 1. The van der Waals surface area contributed by atoms with Crippen LogP contribution in [0.1, 0.15) is 10.5 Å². The Labute approximate surface area is 92.9 Å². The highest BCUT2D eigenvalue weighted by Crippen LogP contribution is 2.26. The summed E-state index contributed by atoms with van der Waals surface area (Å²) in [6, 6.07) is 9.01. The number of nitrogen functional groups attached to an aromatic ring is 1. The van der Waals surface area contributed by atoms with Crippen LogP contribution in [0.3, 0.4) is 0 Å². The Morgan fingerprint density at radius 3 is 2.62 bits per heavy atom. The molecule has 0 aliphatic heterocycles. The summed E-state index contributed by atoms with van der Waals surface area (Å²) in [4.78, 5) is 10.9. The molecule has 0 aliphatic rings. The molecule has 0 spiro atoms. The number of carbonyl (C=O) groups is 1. The number of aromatic carboxylic acids is 1. The zero-order chi connectivity index (χ0) is 11.7. The molecule has 0 saturated heterocycles. The molecule has 1 aromatic carbocycles. The molecule has 2 aromatic rings. The number of aromatic nitrogens is 1. The van der Waals surface area contributed by atoms with Crippen LogP contribution >= 0.6 is 0 Å². The van der Waals surface area contributed by atoms with E-state index in [1.807, 2.05) is 18.2 Å². The molecule has 4 heteroatoms. The Kier molecular flexibility index (Phi) is 2.40. The van der Waals surface area contributed by atoms with Gasteiger partial charge in [-0.25, -0.2) is 4.79 Å². The van der Waals surface area contributed by atoms with E-state index in [1.165, 1.54) is 0 Å². The van der Waals surface area contributed by atoms with Crippen molar-refractivity contribution in [1.82, 2.24) is 4.57 Å². The first-order valence-electron chi connectivity index (χ1n) is 4.84. The first kappa shape index (κ1) is 10.3. The first-order valence-corrected chi connectivity index (χ1v) is 4.84. The molecule has 2 rings (SSSR count). The summed E-state index contributed by atoms with van der Waals surface area (Å²) < 4.78 is 1.57. The van der Waals surface area contributed by atoms with Crippen molar-refractivity contribution in [3.05, 3.63) is 42.2 Å². The van der Waals surface area contributed by atoms with Gasteiger partial charge in [0.1, 0.15) is 5.69 Å². The maximum atomic E-state index is 10.9. The van der Waals surface area contributed by atoms with Gasteiger partial charge in [-0.2, -0.15) is 0 Å². The maximum Gasteiger partial charge on any atom is 0.352 e. The third kappa shape index (κ3) is 1.65. The monoisotopic (exact) mass is 216 g/mol. The fraction of sp³-hybridized carbons (Fsp3) is 0.0833. The Balaban J connectivity index is 2.54. The van der Waals surface area contributed by atoms with Crippen molar-refractivity contribution < 1.29 is 9.90 Å². The minimum Gasteiger partial charge on any atom is -0.477 e. The van der Waals surface area contributed by atoms with Gasteiger partial charge in [0.25, 0.3) is 0 Å². The predicted molar refractivity (Wildman–Crippen MR) is 62.2 cm³/mol. The van der Waals surface area contributed by atoms with E-state index in [4.69, 9.17) is 10.8 Å². The van der Waals surface area contributed by atoms with Gasteiger partial charge in [-0.3, -0.25) is 0 Å². The normalized spacial score (nSPS) is 10.3. The number of benzene rings is 1. The van der Waals surface area contributed by atoms with E-state index in [9.17, 15) is 4.79 Å². The average molecular weight is 216 g/mol. The minimum absolute atomic E-state index is 0.248. The van der Waals surface area contributed by atoms with Gasteiger partial charge in [0, 0.05) is 30.1 Å². The fourth-order valence-electron chi connectivity index (χ4n) is 1.68. The van der Waals surface area contributed by atoms with Crippen molar-refractivity contribution in [2.75, 3.05) is 5.73 Å². The van der Waals surface area contributed by atoms with Crippen LogP contribution in [0, 0.1) is 0 Å². The second-order valence-electron chi connectivity index (χ2n) is 3.62. The van der Waals surface area contributed by atoms with Gasteiger partial charge < -0.3 is 15.4 Å². The lowest BCUT2D eigenvalue weighted by molar-refractivity contribution is 0.0686. The number of para-hydroxylation sites is 1. The molecule has 0 atom stereocenters. The summed E-state index contributed by atoms with van der Waals surface area (Å²) in [5.74, 6) is -0.941. The molecule has 82 valence electrons. The van der Waals surface area contributed by atoms with Gasteiger partial charge in [-0.05, 0) is 12.1 Å². The van der Waals surface area contributed by atoms with E-state index >= 15 is 0 Å². The Hall–Kier alpha value is -2.23. The van der Waals surface area contributed by atoms with Gasteiger partial charge >= 0.3 is 5.97 Å². The largest absolute Gasteiger partial charge is 0.477 e. The number of anilines is 1. The molecule has 0 amide bonds. The summed E-state index contributed by atoms with van der Waals surface area (Å²) in [6.45, 7) is 0. The van der Waals surface area contributed by atoms with Crippen LogP contribution in [0.4, 0.5) is 5.69 Å². The van der Waals surface area contributed by atoms with Crippen LogP contribution in [0.2, 0.25) is 0 Å². The van der Waals surface area contributed by atoms with E-state index in [0.29, 0.717) is 5.69 Å². The van der Waals surface area contributed by atoms with Gasteiger partial charge in [0.05, 0.1) is 0 Å². The Morgan fingerprint density at radius 1 is 1.38 bits per heavy atom. The van der Waals surface area contributed by atoms with Crippen molar-refractivity contribution in [2.24, 2.45) is 7.05 Å². The summed E-state index contributed by atoms with van der Waals surface area (Å²) in [7, 11) is 1.70. The maximum absolute atomic E-state index is 10.9. The third-order valence-electron chi connectivity index (χ3n) is 2.50. The second kappa shape index (κ2) is 3.73. The first-order chi connectivity index (χ1) is 7.59. The molecule has 16 heavy (non-hydrogen) atoms. The van der Waals surface area contributed by atoms with E-state index in [2.05, 4.69) is 0 Å². The van der Waals surface area contributed by atoms with Gasteiger partial charge in [-0.1, -0.05) is 18.2 Å². The highest BCUT2D eigenvalue weighted by molar-refractivity contribution is 5.89. The van der Waals surface area contributed by atoms with E-state index < -0.39 is 5.97 Å². The predicted octanol–water partition coefficient (Wildman–Crippen LogP) is 1.97. The summed E-state index contributed by atoms with van der Waals surface area (Å²) in [5.41, 5.74) is 8.39. The molecule has 1 heterocycles. The van der Waals surface area contributed by atoms with Gasteiger partial charge in [-0.15, -0.1) is 0 Å². The van der Waals surface area contributed by atoms with Crippen LogP contribution in [0.5, 0.6) is 0 Å². The molecule has 0 bridgehead atoms. The molecule has 0 aliphatic carbocycles. The summed E-state index contributed by atoms with van der Waals surface area (Å²) >= 11 is 0. The number of hydrogen-bond acceptors (Lipinski definition) is 2. The van der Waals surface area contributed by atoms with Crippen molar-refractivity contribution in [3.8, 4) is 11.1 Å². The van der Waals surface area contributed by atoms with Crippen LogP contribution < -0.4 is 5.73 Å². The molecule has 0 unspecified atom stereocenters. The van der Waals surface area contributed by atoms with Crippen molar-refractivity contribution in [2.45, 2.75) is 0 Å². The van der Waals surface area contributed by atoms with E-state index in [1.54, 1.807) is 29.9 Å². The highest BCUT2D eigenvalue weighted by atomic mass is 16.4. The summed E-state index contributed by atoms with van der Waals surface area (Å²) in [5, 5.41) is 8.94. The number of carboxylic acid groups (broad SMARTS) is 1. The number of hydrogen-bond donors (Lipinski definition) is 2. The van der Waals surface area contributed by atoms with Crippen LogP contribution in [-0.2, 0) is 7.05 Å². The lowest BCUT2D eigenvalue weighted by Crippen LogP contribution is -2.02. The van der Waals surface area contributed by atoms with Crippen LogP contribution in [-0.4, -0.2) is 15.6 Å². The molecule has 0 saturated carbocycles. The topological polar surface area (TPSA) is 68.2 Å². The Bertz CT molecular complexity index is 544. The van der Waals surface area contributed by atoms with Crippen molar-refractivity contribution in [3.63, 3.8) is 0 Å². The molecule has 3 N–H and O–H groups in total. The third-order valence-corrected chi connectivity index (χ3v) is 2.50. The standard InChI is InChI=1S/C12H12N2O2/c1-14-7-8(6-11(14)12(15)16)9-4-2-3-5-10(9)13/h2-7H,13H2,1H3,(H,15,16). The number of rotatable bonds is 2. The van der Waals surface area contributed by atoms with Gasteiger partial charge in [0.15, 0.2) is 0 Å². The zero-order valence-corrected chi connectivity index (χ0v) is 8.84.